The lowest BCUT2D eigenvalue weighted by Gasteiger charge is -2.19. The average Bonchev–Trinajstić information content (AvgIpc) is 3.30. The number of thiophene rings is 1. The van der Waals surface area contributed by atoms with Gasteiger partial charge in [0.25, 0.3) is 15.9 Å². The summed E-state index contributed by atoms with van der Waals surface area (Å²) in [6, 6.07) is 17.2. The molecule has 2 aromatic carbocycles. The molecule has 1 N–H and O–H groups in total. The van der Waals surface area contributed by atoms with E-state index in [-0.39, 0.29) is 10.8 Å². The predicted molar refractivity (Wildman–Crippen MR) is 113 cm³/mol. The molecule has 5 nitrogen and oxygen atoms in total. The number of benzene rings is 2. The van der Waals surface area contributed by atoms with Crippen molar-refractivity contribution in [2.75, 3.05) is 16.7 Å². The number of sulfonamides is 1. The van der Waals surface area contributed by atoms with Gasteiger partial charge in [0.05, 0.1) is 15.5 Å². The third kappa shape index (κ3) is 3.55. The number of hydrogen-bond acceptors (Lipinski definition) is 4. The minimum absolute atomic E-state index is 0.130. The van der Waals surface area contributed by atoms with E-state index in [1.807, 2.05) is 12.1 Å². The molecule has 4 rings (SSSR count). The van der Waals surface area contributed by atoms with Gasteiger partial charge in [-0.05, 0) is 61.2 Å². The Labute approximate surface area is 168 Å². The van der Waals surface area contributed by atoms with Gasteiger partial charge in [-0.2, -0.15) is 0 Å². The molecule has 1 heterocycles. The number of nitrogens with one attached hydrogen (secondary N) is 1. The minimum Gasteiger partial charge on any atom is -0.321 e. The van der Waals surface area contributed by atoms with E-state index in [1.54, 1.807) is 36.4 Å². The minimum atomic E-state index is -3.73. The fourth-order valence-corrected chi connectivity index (χ4v) is 5.69. The van der Waals surface area contributed by atoms with E-state index in [1.165, 1.54) is 45.3 Å². The van der Waals surface area contributed by atoms with E-state index < -0.39 is 10.0 Å². The first-order valence-electron chi connectivity index (χ1n) is 9.02. The molecular weight excluding hydrogens is 392 g/mol. The first-order chi connectivity index (χ1) is 13.4. The summed E-state index contributed by atoms with van der Waals surface area (Å²) in [5, 5.41) is 2.83. The normalized spacial score (nSPS) is 13.2. The summed E-state index contributed by atoms with van der Waals surface area (Å²) >= 11 is 1.52. The molecule has 0 spiro atoms. The smallest absolute Gasteiger partial charge is 0.265 e. The molecule has 0 radical (unpaired) electrons. The lowest BCUT2D eigenvalue weighted by atomic mass is 10.2. The van der Waals surface area contributed by atoms with Crippen LogP contribution >= 0.6 is 11.3 Å². The second-order valence-electron chi connectivity index (χ2n) is 6.70. The molecule has 0 bridgehead atoms. The van der Waals surface area contributed by atoms with Gasteiger partial charge < -0.3 is 5.32 Å². The standard InChI is InChI=1S/C21H20N2O3S2/c1-23(17-9-3-2-4-10-17)28(25,26)18-11-6-8-16(14-18)22-21(24)20-13-15-7-5-12-19(15)27-20/h2-4,6,8-11,13-14H,5,7,12H2,1H3,(H,22,24). The molecule has 7 heteroatoms. The van der Waals surface area contributed by atoms with Crippen LogP contribution in [0, 0.1) is 0 Å². The van der Waals surface area contributed by atoms with E-state index in [4.69, 9.17) is 0 Å². The Hall–Kier alpha value is -2.64. The van der Waals surface area contributed by atoms with Gasteiger partial charge in [-0.15, -0.1) is 11.3 Å². The van der Waals surface area contributed by atoms with Gasteiger partial charge in [0.15, 0.2) is 0 Å². The Bertz CT molecular complexity index is 1100. The number of hydrogen-bond donors (Lipinski definition) is 1. The first kappa shape index (κ1) is 18.7. The zero-order chi connectivity index (χ0) is 19.7. The Balaban J connectivity index is 1.56. The Morgan fingerprint density at radius 1 is 1.04 bits per heavy atom. The molecule has 0 saturated carbocycles. The summed E-state index contributed by atoms with van der Waals surface area (Å²) in [5.41, 5.74) is 2.29. The van der Waals surface area contributed by atoms with Crippen molar-refractivity contribution in [3.8, 4) is 0 Å². The van der Waals surface area contributed by atoms with Gasteiger partial charge in [-0.3, -0.25) is 9.10 Å². The lowest BCUT2D eigenvalue weighted by molar-refractivity contribution is 0.103. The molecular formula is C21H20N2O3S2. The quantitative estimate of drug-likeness (QED) is 0.679. The van der Waals surface area contributed by atoms with Crippen molar-refractivity contribution in [2.45, 2.75) is 24.2 Å². The van der Waals surface area contributed by atoms with Gasteiger partial charge in [-0.25, -0.2) is 8.42 Å². The third-order valence-corrected chi connectivity index (χ3v) is 7.86. The Morgan fingerprint density at radius 2 is 1.82 bits per heavy atom. The predicted octanol–water partition coefficient (Wildman–Crippen LogP) is 4.31. The van der Waals surface area contributed by atoms with E-state index in [9.17, 15) is 13.2 Å². The SMILES string of the molecule is CN(c1ccccc1)S(=O)(=O)c1cccc(NC(=O)c2cc3c(s2)CCC3)c1. The molecule has 1 aliphatic rings. The van der Waals surface area contributed by atoms with Crippen LogP contribution in [0.15, 0.2) is 65.6 Å². The highest BCUT2D eigenvalue weighted by Gasteiger charge is 2.22. The summed E-state index contributed by atoms with van der Waals surface area (Å²) in [6.45, 7) is 0. The average molecular weight is 413 g/mol. The van der Waals surface area contributed by atoms with Crippen LogP contribution in [0.4, 0.5) is 11.4 Å². The highest BCUT2D eigenvalue weighted by atomic mass is 32.2. The van der Waals surface area contributed by atoms with Crippen LogP contribution in [-0.4, -0.2) is 21.4 Å². The summed E-state index contributed by atoms with van der Waals surface area (Å²) < 4.78 is 27.1. The van der Waals surface area contributed by atoms with Gasteiger partial charge in [0.1, 0.15) is 0 Å². The maximum absolute atomic E-state index is 13.0. The molecule has 0 aliphatic heterocycles. The number of carbonyl (C=O) groups is 1. The highest BCUT2D eigenvalue weighted by molar-refractivity contribution is 7.92. The highest BCUT2D eigenvalue weighted by Crippen LogP contribution is 2.31. The fourth-order valence-electron chi connectivity index (χ4n) is 3.30. The number of para-hydroxylation sites is 1. The number of fused-ring (bicyclic) bond motifs is 1. The van der Waals surface area contributed by atoms with Crippen molar-refractivity contribution in [1.82, 2.24) is 0 Å². The first-order valence-corrected chi connectivity index (χ1v) is 11.3. The molecule has 1 amide bonds. The third-order valence-electron chi connectivity index (χ3n) is 4.84. The Kier molecular flexibility index (Phi) is 4.95. The molecule has 3 aromatic rings. The molecule has 28 heavy (non-hydrogen) atoms. The van der Waals surface area contributed by atoms with E-state index in [0.717, 1.165) is 19.3 Å². The number of rotatable bonds is 5. The molecule has 1 aromatic heterocycles. The van der Waals surface area contributed by atoms with E-state index >= 15 is 0 Å². The molecule has 0 saturated heterocycles. The molecule has 0 fully saturated rings. The second kappa shape index (κ2) is 7.41. The fraction of sp³-hybridized carbons (Fsp3) is 0.190. The molecule has 1 aliphatic carbocycles. The van der Waals surface area contributed by atoms with Crippen LogP contribution in [0.2, 0.25) is 0 Å². The second-order valence-corrected chi connectivity index (χ2v) is 9.81. The van der Waals surface area contributed by atoms with Crippen LogP contribution in [-0.2, 0) is 22.9 Å². The number of anilines is 2. The summed E-state index contributed by atoms with van der Waals surface area (Å²) in [6.07, 6.45) is 3.21. The van der Waals surface area contributed by atoms with Crippen molar-refractivity contribution in [1.29, 1.82) is 0 Å². The molecule has 0 atom stereocenters. The van der Waals surface area contributed by atoms with Gasteiger partial charge >= 0.3 is 0 Å². The number of aryl methyl sites for hydroxylation is 2. The maximum atomic E-state index is 13.0. The number of nitrogens with zero attached hydrogens (tertiary/aromatic N) is 1. The van der Waals surface area contributed by atoms with E-state index in [2.05, 4.69) is 5.32 Å². The van der Waals surface area contributed by atoms with Crippen LogP contribution in [0.5, 0.6) is 0 Å². The van der Waals surface area contributed by atoms with Crippen molar-refractivity contribution in [3.63, 3.8) is 0 Å². The van der Waals surface area contributed by atoms with E-state index in [0.29, 0.717) is 16.3 Å². The van der Waals surface area contributed by atoms with Crippen molar-refractivity contribution >= 4 is 38.6 Å². The number of carbonyl (C=O) groups excluding carboxylic acids is 1. The van der Waals surface area contributed by atoms with Crippen LogP contribution < -0.4 is 9.62 Å². The Morgan fingerprint density at radius 3 is 2.57 bits per heavy atom. The van der Waals surface area contributed by atoms with Crippen molar-refractivity contribution in [3.05, 3.63) is 76.0 Å². The summed E-state index contributed by atoms with van der Waals surface area (Å²) in [5.74, 6) is -0.203. The monoisotopic (exact) mass is 412 g/mol. The maximum Gasteiger partial charge on any atom is 0.265 e. The van der Waals surface area contributed by atoms with Crippen molar-refractivity contribution < 1.29 is 13.2 Å². The number of amides is 1. The van der Waals surface area contributed by atoms with Gasteiger partial charge in [0, 0.05) is 17.6 Å². The van der Waals surface area contributed by atoms with Crippen LogP contribution in [0.1, 0.15) is 26.5 Å². The molecule has 144 valence electrons. The van der Waals surface area contributed by atoms with Crippen LogP contribution in [0.25, 0.3) is 0 Å². The van der Waals surface area contributed by atoms with Crippen molar-refractivity contribution in [2.24, 2.45) is 0 Å². The van der Waals surface area contributed by atoms with Gasteiger partial charge in [-0.1, -0.05) is 24.3 Å². The summed E-state index contributed by atoms with van der Waals surface area (Å²) in [7, 11) is -2.21. The van der Waals surface area contributed by atoms with Crippen LogP contribution in [0.3, 0.4) is 0 Å². The lowest BCUT2D eigenvalue weighted by Crippen LogP contribution is -2.26. The topological polar surface area (TPSA) is 66.5 Å². The largest absolute Gasteiger partial charge is 0.321 e. The summed E-state index contributed by atoms with van der Waals surface area (Å²) in [4.78, 5) is 14.7. The zero-order valence-corrected chi connectivity index (χ0v) is 17.0. The zero-order valence-electron chi connectivity index (χ0n) is 15.4. The molecule has 0 unspecified atom stereocenters. The van der Waals surface area contributed by atoms with Gasteiger partial charge in [0.2, 0.25) is 0 Å².